The highest BCUT2D eigenvalue weighted by atomic mass is 15.0. The Bertz CT molecular complexity index is 279. The second-order valence-electron chi connectivity index (χ2n) is 2.88. The van der Waals surface area contributed by atoms with Crippen LogP contribution in [0, 0.1) is 13.8 Å². The molecule has 0 saturated heterocycles. The molecule has 0 aliphatic carbocycles. The first kappa shape index (κ1) is 8.12. The van der Waals surface area contributed by atoms with Gasteiger partial charge in [0, 0.05) is 17.6 Å². The molecule has 0 N–H and O–H groups in total. The van der Waals surface area contributed by atoms with Crippen molar-refractivity contribution in [1.82, 2.24) is 4.57 Å². The van der Waals surface area contributed by atoms with Crippen molar-refractivity contribution in [2.24, 2.45) is 0 Å². The molecule has 0 unspecified atom stereocenters. The van der Waals surface area contributed by atoms with Crippen LogP contribution in [0.1, 0.15) is 25.1 Å². The average molecular weight is 149 g/mol. The zero-order valence-electron chi connectivity index (χ0n) is 7.68. The van der Waals surface area contributed by atoms with E-state index in [0.717, 1.165) is 0 Å². The highest BCUT2D eigenvalue weighted by molar-refractivity contribution is 5.45. The minimum atomic E-state index is 1.29. The van der Waals surface area contributed by atoms with Crippen LogP contribution in [0.4, 0.5) is 0 Å². The number of hydrogen-bond donors (Lipinski definition) is 0. The van der Waals surface area contributed by atoms with Gasteiger partial charge in [-0.15, -0.1) is 0 Å². The normalized spacial score (nSPS) is 12.2. The lowest BCUT2D eigenvalue weighted by atomic mass is 10.3. The first-order valence-electron chi connectivity index (χ1n) is 3.94. The molecule has 0 amide bonds. The molecule has 0 saturated carbocycles. The Hall–Kier alpha value is -0.980. The quantitative estimate of drug-likeness (QED) is 0.578. The van der Waals surface area contributed by atoms with Crippen LogP contribution in [0.15, 0.2) is 18.3 Å². The van der Waals surface area contributed by atoms with Crippen LogP contribution in [0.2, 0.25) is 0 Å². The van der Waals surface area contributed by atoms with Crippen molar-refractivity contribution in [1.29, 1.82) is 0 Å². The van der Waals surface area contributed by atoms with Gasteiger partial charge in [0.05, 0.1) is 0 Å². The number of allylic oxidation sites excluding steroid dienone is 2. The molecule has 0 fully saturated rings. The summed E-state index contributed by atoms with van der Waals surface area (Å²) < 4.78 is 2.20. The van der Waals surface area contributed by atoms with Crippen LogP contribution in [0.5, 0.6) is 0 Å². The fourth-order valence-corrected chi connectivity index (χ4v) is 1.13. The summed E-state index contributed by atoms with van der Waals surface area (Å²) in [6.07, 6.45) is 4.23. The van der Waals surface area contributed by atoms with Crippen molar-refractivity contribution in [3.63, 3.8) is 0 Å². The van der Waals surface area contributed by atoms with E-state index in [0.29, 0.717) is 0 Å². The van der Waals surface area contributed by atoms with Gasteiger partial charge < -0.3 is 4.57 Å². The van der Waals surface area contributed by atoms with Gasteiger partial charge in [0.15, 0.2) is 0 Å². The van der Waals surface area contributed by atoms with Gasteiger partial charge in [0.2, 0.25) is 0 Å². The predicted octanol–water partition coefficient (Wildman–Crippen LogP) is 2.99. The fourth-order valence-electron chi connectivity index (χ4n) is 1.13. The van der Waals surface area contributed by atoms with E-state index in [-0.39, 0.29) is 0 Å². The molecule has 1 aromatic heterocycles. The smallest absolute Gasteiger partial charge is 0.0221 e. The highest BCUT2D eigenvalue weighted by Crippen LogP contribution is 2.13. The van der Waals surface area contributed by atoms with Crippen LogP contribution in [0.25, 0.3) is 5.70 Å². The number of aryl methyl sites for hydroxylation is 1. The molecule has 0 radical (unpaired) electrons. The second-order valence-corrected chi connectivity index (χ2v) is 2.88. The Balaban J connectivity index is 3.15. The van der Waals surface area contributed by atoms with Crippen molar-refractivity contribution in [2.75, 3.05) is 0 Å². The maximum atomic E-state index is 2.20. The molecule has 11 heavy (non-hydrogen) atoms. The fraction of sp³-hybridized carbons (Fsp3) is 0.400. The summed E-state index contributed by atoms with van der Waals surface area (Å²) in [6, 6.07) is 2.14. The zero-order chi connectivity index (χ0) is 8.43. The monoisotopic (exact) mass is 149 g/mol. The number of nitrogens with zero attached hydrogens (tertiary/aromatic N) is 1. The third kappa shape index (κ3) is 1.37. The van der Waals surface area contributed by atoms with E-state index < -0.39 is 0 Å². The van der Waals surface area contributed by atoms with E-state index in [1.54, 1.807) is 0 Å². The minimum Gasteiger partial charge on any atom is -0.325 e. The van der Waals surface area contributed by atoms with Crippen molar-refractivity contribution in [3.8, 4) is 0 Å². The van der Waals surface area contributed by atoms with Gasteiger partial charge in [-0.1, -0.05) is 6.08 Å². The van der Waals surface area contributed by atoms with Crippen LogP contribution >= 0.6 is 0 Å². The third-order valence-electron chi connectivity index (χ3n) is 2.20. The topological polar surface area (TPSA) is 4.93 Å². The van der Waals surface area contributed by atoms with Crippen molar-refractivity contribution < 1.29 is 0 Å². The predicted molar refractivity (Wildman–Crippen MR) is 49.5 cm³/mol. The molecule has 0 bridgehead atoms. The molecule has 1 heterocycles. The molecule has 0 atom stereocenters. The van der Waals surface area contributed by atoms with Gasteiger partial charge in [-0.2, -0.15) is 0 Å². The van der Waals surface area contributed by atoms with E-state index in [4.69, 9.17) is 0 Å². The van der Waals surface area contributed by atoms with E-state index in [1.807, 2.05) is 0 Å². The third-order valence-corrected chi connectivity index (χ3v) is 2.20. The maximum Gasteiger partial charge on any atom is 0.0221 e. The van der Waals surface area contributed by atoms with Crippen molar-refractivity contribution in [3.05, 3.63) is 29.6 Å². The standard InChI is InChI=1S/C10H15N/c1-5-9(3)11-7-6-8(2)10(11)4/h5-7H,1-4H3. The Morgan fingerprint density at radius 1 is 1.45 bits per heavy atom. The molecule has 60 valence electrons. The molecule has 0 spiro atoms. The second kappa shape index (κ2) is 2.95. The summed E-state index contributed by atoms with van der Waals surface area (Å²) >= 11 is 0. The zero-order valence-corrected chi connectivity index (χ0v) is 7.68. The summed E-state index contributed by atoms with van der Waals surface area (Å²) in [6.45, 7) is 8.45. The molecular formula is C10H15N. The van der Waals surface area contributed by atoms with Crippen LogP contribution in [0.3, 0.4) is 0 Å². The van der Waals surface area contributed by atoms with Gasteiger partial charge in [0.25, 0.3) is 0 Å². The Labute approximate surface area is 68.4 Å². The molecule has 0 aliphatic heterocycles. The Morgan fingerprint density at radius 2 is 2.09 bits per heavy atom. The molecule has 1 heteroatoms. The molecule has 1 rings (SSSR count). The van der Waals surface area contributed by atoms with Gasteiger partial charge in [0.1, 0.15) is 0 Å². The summed E-state index contributed by atoms with van der Waals surface area (Å²) in [5.41, 5.74) is 3.97. The van der Waals surface area contributed by atoms with E-state index in [9.17, 15) is 0 Å². The molecule has 1 aromatic rings. The maximum absolute atomic E-state index is 2.20. The van der Waals surface area contributed by atoms with E-state index >= 15 is 0 Å². The molecule has 0 aromatic carbocycles. The largest absolute Gasteiger partial charge is 0.325 e. The Kier molecular flexibility index (Phi) is 2.18. The molecular weight excluding hydrogens is 134 g/mol. The first-order valence-corrected chi connectivity index (χ1v) is 3.94. The van der Waals surface area contributed by atoms with E-state index in [2.05, 4.69) is 50.6 Å². The number of rotatable bonds is 1. The first-order chi connectivity index (χ1) is 5.16. The van der Waals surface area contributed by atoms with Crippen LogP contribution in [-0.2, 0) is 0 Å². The number of hydrogen-bond acceptors (Lipinski definition) is 0. The average Bonchev–Trinajstić information content (AvgIpc) is 2.32. The summed E-state index contributed by atoms with van der Waals surface area (Å²) in [5.74, 6) is 0. The van der Waals surface area contributed by atoms with Gasteiger partial charge >= 0.3 is 0 Å². The van der Waals surface area contributed by atoms with Crippen LogP contribution in [-0.4, -0.2) is 4.57 Å². The van der Waals surface area contributed by atoms with Gasteiger partial charge in [-0.3, -0.25) is 0 Å². The van der Waals surface area contributed by atoms with E-state index in [1.165, 1.54) is 17.0 Å². The van der Waals surface area contributed by atoms with Crippen LogP contribution < -0.4 is 0 Å². The minimum absolute atomic E-state index is 1.29. The number of aromatic nitrogens is 1. The summed E-state index contributed by atoms with van der Waals surface area (Å²) in [5, 5.41) is 0. The molecule has 0 aliphatic rings. The summed E-state index contributed by atoms with van der Waals surface area (Å²) in [4.78, 5) is 0. The van der Waals surface area contributed by atoms with Crippen molar-refractivity contribution in [2.45, 2.75) is 27.7 Å². The van der Waals surface area contributed by atoms with Crippen molar-refractivity contribution >= 4 is 5.70 Å². The van der Waals surface area contributed by atoms with Gasteiger partial charge in [-0.25, -0.2) is 0 Å². The van der Waals surface area contributed by atoms with Gasteiger partial charge in [-0.05, 0) is 39.3 Å². The lowest BCUT2D eigenvalue weighted by Crippen LogP contribution is -1.93. The summed E-state index contributed by atoms with van der Waals surface area (Å²) in [7, 11) is 0. The lowest BCUT2D eigenvalue weighted by Gasteiger charge is -2.05. The Morgan fingerprint density at radius 3 is 2.45 bits per heavy atom. The SMILES string of the molecule is CC=C(C)n1ccc(C)c1C. The molecule has 1 nitrogen and oxygen atoms in total. The lowest BCUT2D eigenvalue weighted by molar-refractivity contribution is 1.02. The highest BCUT2D eigenvalue weighted by Gasteiger charge is 1.99.